The van der Waals surface area contributed by atoms with Gasteiger partial charge in [0.25, 0.3) is 0 Å². The number of hydrogen-bond acceptors (Lipinski definition) is 4. The van der Waals surface area contributed by atoms with Crippen molar-refractivity contribution in [2.45, 2.75) is 13.0 Å². The maximum Gasteiger partial charge on any atom is 0.140 e. The number of aliphatic hydroxyl groups excluding tert-OH is 1. The molecule has 0 bridgehead atoms. The molecule has 1 atom stereocenters. The van der Waals surface area contributed by atoms with Gasteiger partial charge >= 0.3 is 0 Å². The van der Waals surface area contributed by atoms with Gasteiger partial charge in [0.2, 0.25) is 0 Å². The molecule has 0 spiro atoms. The molecule has 1 heterocycles. The number of aryl methyl sites for hydroxylation is 1. The quantitative estimate of drug-likeness (QED) is 0.856. The summed E-state index contributed by atoms with van der Waals surface area (Å²) in [5.74, 6) is 0.719. The van der Waals surface area contributed by atoms with Crippen LogP contribution in [-0.4, -0.2) is 36.5 Å². The molecule has 84 valence electrons. The van der Waals surface area contributed by atoms with Gasteiger partial charge in [0, 0.05) is 13.3 Å². The van der Waals surface area contributed by atoms with E-state index in [0.29, 0.717) is 6.61 Å². The van der Waals surface area contributed by atoms with Crippen LogP contribution < -0.4 is 5.32 Å². The SMILES string of the molecule is COCC(CO)Nc1ncc(C)cc1Br. The van der Waals surface area contributed by atoms with Crippen LogP contribution in [0.5, 0.6) is 0 Å². The van der Waals surface area contributed by atoms with Gasteiger partial charge in [0.15, 0.2) is 0 Å². The minimum atomic E-state index is -0.137. The van der Waals surface area contributed by atoms with Crippen molar-refractivity contribution in [3.8, 4) is 0 Å². The molecule has 0 aliphatic rings. The molecule has 0 amide bonds. The second-order valence-corrected chi connectivity index (χ2v) is 4.18. The van der Waals surface area contributed by atoms with Crippen molar-refractivity contribution in [3.63, 3.8) is 0 Å². The van der Waals surface area contributed by atoms with Crippen molar-refractivity contribution in [2.75, 3.05) is 25.6 Å². The van der Waals surface area contributed by atoms with Crippen LogP contribution in [0.4, 0.5) is 5.82 Å². The third-order valence-corrected chi connectivity index (χ3v) is 2.51. The Morgan fingerprint density at radius 2 is 2.40 bits per heavy atom. The highest BCUT2D eigenvalue weighted by Gasteiger charge is 2.09. The lowest BCUT2D eigenvalue weighted by molar-refractivity contribution is 0.153. The number of aliphatic hydroxyl groups is 1. The summed E-state index contributed by atoms with van der Waals surface area (Å²) in [6.45, 7) is 2.43. The minimum Gasteiger partial charge on any atom is -0.394 e. The zero-order valence-corrected chi connectivity index (χ0v) is 10.4. The van der Waals surface area contributed by atoms with Crippen LogP contribution in [-0.2, 0) is 4.74 Å². The number of aromatic nitrogens is 1. The van der Waals surface area contributed by atoms with E-state index in [1.807, 2.05) is 13.0 Å². The second kappa shape index (κ2) is 6.05. The molecule has 2 N–H and O–H groups in total. The van der Waals surface area contributed by atoms with Gasteiger partial charge < -0.3 is 15.2 Å². The Kier molecular flexibility index (Phi) is 5.01. The summed E-state index contributed by atoms with van der Waals surface area (Å²) in [4.78, 5) is 4.22. The first kappa shape index (κ1) is 12.4. The number of nitrogens with zero attached hydrogens (tertiary/aromatic N) is 1. The van der Waals surface area contributed by atoms with Crippen LogP contribution >= 0.6 is 15.9 Å². The lowest BCUT2D eigenvalue weighted by atomic mass is 10.3. The fourth-order valence-corrected chi connectivity index (χ4v) is 1.75. The smallest absolute Gasteiger partial charge is 0.140 e. The van der Waals surface area contributed by atoms with E-state index in [0.717, 1.165) is 15.9 Å². The van der Waals surface area contributed by atoms with Gasteiger partial charge in [0.1, 0.15) is 5.82 Å². The third kappa shape index (κ3) is 3.77. The van der Waals surface area contributed by atoms with Crippen molar-refractivity contribution in [1.82, 2.24) is 4.98 Å². The summed E-state index contributed by atoms with van der Waals surface area (Å²) < 4.78 is 5.85. The number of nitrogens with one attached hydrogen (secondary N) is 1. The molecule has 0 radical (unpaired) electrons. The molecular formula is C10H15BrN2O2. The fraction of sp³-hybridized carbons (Fsp3) is 0.500. The molecule has 0 saturated heterocycles. The first-order valence-electron chi connectivity index (χ1n) is 4.66. The molecule has 4 nitrogen and oxygen atoms in total. The van der Waals surface area contributed by atoms with Gasteiger partial charge in [-0.25, -0.2) is 4.98 Å². The first-order valence-corrected chi connectivity index (χ1v) is 5.45. The van der Waals surface area contributed by atoms with Gasteiger partial charge in [-0.05, 0) is 34.5 Å². The van der Waals surface area contributed by atoms with Gasteiger partial charge in [-0.2, -0.15) is 0 Å². The highest BCUT2D eigenvalue weighted by atomic mass is 79.9. The van der Waals surface area contributed by atoms with E-state index in [2.05, 4.69) is 26.2 Å². The maximum absolute atomic E-state index is 9.08. The van der Waals surface area contributed by atoms with Crippen LogP contribution in [0.15, 0.2) is 16.7 Å². The highest BCUT2D eigenvalue weighted by molar-refractivity contribution is 9.10. The molecule has 0 aliphatic heterocycles. The Labute approximate surface area is 97.8 Å². The number of pyridine rings is 1. The molecule has 0 fully saturated rings. The molecule has 15 heavy (non-hydrogen) atoms. The van der Waals surface area contributed by atoms with Crippen LogP contribution in [0.1, 0.15) is 5.56 Å². The molecule has 1 aromatic heterocycles. The Morgan fingerprint density at radius 3 is 2.93 bits per heavy atom. The van der Waals surface area contributed by atoms with E-state index < -0.39 is 0 Å². The van der Waals surface area contributed by atoms with Crippen molar-refractivity contribution in [1.29, 1.82) is 0 Å². The van der Waals surface area contributed by atoms with Crippen molar-refractivity contribution in [3.05, 3.63) is 22.3 Å². The Morgan fingerprint density at radius 1 is 1.67 bits per heavy atom. The highest BCUT2D eigenvalue weighted by Crippen LogP contribution is 2.20. The van der Waals surface area contributed by atoms with Crippen LogP contribution in [0, 0.1) is 6.92 Å². The normalized spacial score (nSPS) is 12.5. The Balaban J connectivity index is 2.70. The molecule has 1 rings (SSSR count). The predicted octanol–water partition coefficient (Wildman–Crippen LogP) is 1.57. The van der Waals surface area contributed by atoms with Gasteiger partial charge in [-0.15, -0.1) is 0 Å². The zero-order valence-electron chi connectivity index (χ0n) is 8.83. The van der Waals surface area contributed by atoms with Crippen LogP contribution in [0.2, 0.25) is 0 Å². The fourth-order valence-electron chi connectivity index (χ4n) is 1.17. The van der Waals surface area contributed by atoms with Crippen molar-refractivity contribution in [2.24, 2.45) is 0 Å². The van der Waals surface area contributed by atoms with E-state index in [4.69, 9.17) is 9.84 Å². The van der Waals surface area contributed by atoms with Gasteiger partial charge in [-0.3, -0.25) is 0 Å². The topological polar surface area (TPSA) is 54.4 Å². The molecule has 1 unspecified atom stereocenters. The zero-order chi connectivity index (χ0) is 11.3. The van der Waals surface area contributed by atoms with Crippen molar-refractivity contribution < 1.29 is 9.84 Å². The monoisotopic (exact) mass is 274 g/mol. The van der Waals surface area contributed by atoms with E-state index in [1.54, 1.807) is 13.3 Å². The van der Waals surface area contributed by atoms with Crippen LogP contribution in [0.3, 0.4) is 0 Å². The molecular weight excluding hydrogens is 260 g/mol. The van der Waals surface area contributed by atoms with E-state index in [-0.39, 0.29) is 12.6 Å². The average Bonchev–Trinajstić information content (AvgIpc) is 2.21. The average molecular weight is 275 g/mol. The molecule has 1 aromatic rings. The van der Waals surface area contributed by atoms with Gasteiger partial charge in [0.05, 0.1) is 23.7 Å². The van der Waals surface area contributed by atoms with Crippen molar-refractivity contribution >= 4 is 21.7 Å². The van der Waals surface area contributed by atoms with E-state index in [1.165, 1.54) is 0 Å². The number of halogens is 1. The molecule has 0 aromatic carbocycles. The second-order valence-electron chi connectivity index (χ2n) is 3.32. The van der Waals surface area contributed by atoms with Gasteiger partial charge in [-0.1, -0.05) is 0 Å². The Hall–Kier alpha value is -0.650. The number of rotatable bonds is 5. The summed E-state index contributed by atoms with van der Waals surface area (Å²) in [6.07, 6.45) is 1.77. The summed E-state index contributed by atoms with van der Waals surface area (Å²) in [7, 11) is 1.60. The largest absolute Gasteiger partial charge is 0.394 e. The molecule has 5 heteroatoms. The lowest BCUT2D eigenvalue weighted by Crippen LogP contribution is -2.29. The summed E-state index contributed by atoms with van der Waals surface area (Å²) in [5, 5.41) is 12.2. The lowest BCUT2D eigenvalue weighted by Gasteiger charge is -2.16. The molecule has 0 saturated carbocycles. The van der Waals surface area contributed by atoms with E-state index >= 15 is 0 Å². The summed E-state index contributed by atoms with van der Waals surface area (Å²) in [5.41, 5.74) is 1.08. The van der Waals surface area contributed by atoms with Crippen LogP contribution in [0.25, 0.3) is 0 Å². The number of methoxy groups -OCH3 is 1. The maximum atomic E-state index is 9.08. The third-order valence-electron chi connectivity index (χ3n) is 1.91. The predicted molar refractivity (Wildman–Crippen MR) is 63.0 cm³/mol. The molecule has 0 aliphatic carbocycles. The summed E-state index contributed by atoms with van der Waals surface area (Å²) in [6, 6.07) is 1.83. The summed E-state index contributed by atoms with van der Waals surface area (Å²) >= 11 is 3.41. The number of anilines is 1. The first-order chi connectivity index (χ1) is 7.17. The minimum absolute atomic E-state index is 0.00976. The number of ether oxygens (including phenoxy) is 1. The van der Waals surface area contributed by atoms with E-state index in [9.17, 15) is 0 Å². The number of hydrogen-bond donors (Lipinski definition) is 2. The standard InChI is InChI=1S/C10H15BrN2O2/c1-7-3-9(11)10(12-4-7)13-8(5-14)6-15-2/h3-4,8,14H,5-6H2,1-2H3,(H,12,13). The Bertz CT molecular complexity index is 320.